The van der Waals surface area contributed by atoms with Gasteiger partial charge in [-0.2, -0.15) is 0 Å². The minimum Gasteiger partial charge on any atom is -0.383 e. The highest BCUT2D eigenvalue weighted by Crippen LogP contribution is 2.34. The normalized spacial score (nSPS) is 11.0. The van der Waals surface area contributed by atoms with Gasteiger partial charge in [-0.25, -0.2) is 19.9 Å². The van der Waals surface area contributed by atoms with E-state index in [0.717, 1.165) is 27.7 Å². The molecule has 0 radical (unpaired) electrons. The molecule has 4 heterocycles. The second-order valence-corrected chi connectivity index (χ2v) is 8.00. The lowest BCUT2D eigenvalue weighted by atomic mass is 10.0. The van der Waals surface area contributed by atoms with E-state index >= 15 is 0 Å². The maximum atomic E-state index is 6.18. The van der Waals surface area contributed by atoms with E-state index in [2.05, 4.69) is 56.4 Å². The van der Waals surface area contributed by atoms with Gasteiger partial charge in [-0.05, 0) is 41.5 Å². The molecule has 4 aromatic heterocycles. The summed E-state index contributed by atoms with van der Waals surface area (Å²) < 4.78 is 0.960. The van der Waals surface area contributed by atoms with Crippen LogP contribution < -0.4 is 11.1 Å². The van der Waals surface area contributed by atoms with Crippen molar-refractivity contribution in [2.75, 3.05) is 17.6 Å². The van der Waals surface area contributed by atoms with Crippen LogP contribution in [0, 0.1) is 0 Å². The molecule has 0 aliphatic carbocycles. The van der Waals surface area contributed by atoms with Crippen LogP contribution in [0.3, 0.4) is 0 Å². The average Bonchev–Trinajstić information content (AvgIpc) is 3.33. The fourth-order valence-corrected chi connectivity index (χ4v) is 3.81. The molecule has 158 valence electrons. The summed E-state index contributed by atoms with van der Waals surface area (Å²) in [4.78, 5) is 20.2. The molecule has 5 rings (SSSR count). The molecule has 4 N–H and O–H groups in total. The highest BCUT2D eigenvalue weighted by Gasteiger charge is 2.15. The SMILES string of the molecule is Nc1ncnc2nc(-c3ccc(NCCc4cnc[nH]4)nn3)cc(-c3cccc(Br)c3)c12. The average molecular weight is 488 g/mol. The topological polar surface area (TPSA) is 131 Å². The summed E-state index contributed by atoms with van der Waals surface area (Å²) in [6.45, 7) is 0.716. The minimum absolute atomic E-state index is 0.381. The van der Waals surface area contributed by atoms with Crippen LogP contribution in [0.25, 0.3) is 33.5 Å². The Hall–Kier alpha value is -3.92. The summed E-state index contributed by atoms with van der Waals surface area (Å²) in [5.41, 5.74) is 10.9. The number of pyridine rings is 1. The Balaban J connectivity index is 1.47. The molecule has 0 aliphatic heterocycles. The number of aromatic amines is 1. The van der Waals surface area contributed by atoms with Crippen molar-refractivity contribution < 1.29 is 0 Å². The molecule has 0 saturated heterocycles. The second-order valence-electron chi connectivity index (χ2n) is 7.08. The Kier molecular flexibility index (Phi) is 5.42. The summed E-state index contributed by atoms with van der Waals surface area (Å²) >= 11 is 3.53. The van der Waals surface area contributed by atoms with Gasteiger partial charge in [0.15, 0.2) is 5.65 Å². The zero-order valence-electron chi connectivity index (χ0n) is 16.8. The van der Waals surface area contributed by atoms with Gasteiger partial charge in [0.2, 0.25) is 0 Å². The fourth-order valence-electron chi connectivity index (χ4n) is 3.41. The fraction of sp³-hybridized carbons (Fsp3) is 0.0909. The molecule has 0 spiro atoms. The van der Waals surface area contributed by atoms with E-state index in [4.69, 9.17) is 5.73 Å². The number of nitrogens with zero attached hydrogens (tertiary/aromatic N) is 6. The van der Waals surface area contributed by atoms with Gasteiger partial charge < -0.3 is 16.0 Å². The number of imidazole rings is 1. The van der Waals surface area contributed by atoms with Crippen LogP contribution in [-0.4, -0.2) is 41.7 Å². The quantitative estimate of drug-likeness (QED) is 0.328. The van der Waals surface area contributed by atoms with E-state index in [9.17, 15) is 0 Å². The summed E-state index contributed by atoms with van der Waals surface area (Å²) in [5, 5.41) is 12.6. The van der Waals surface area contributed by atoms with E-state index in [1.165, 1.54) is 6.33 Å². The van der Waals surface area contributed by atoms with Gasteiger partial charge >= 0.3 is 0 Å². The maximum Gasteiger partial charge on any atom is 0.165 e. The number of nitrogens with two attached hydrogens (primary N) is 1. The molecule has 0 atom stereocenters. The Morgan fingerprint density at radius 3 is 2.75 bits per heavy atom. The number of hydrogen-bond acceptors (Lipinski definition) is 8. The van der Waals surface area contributed by atoms with Gasteiger partial charge in [0.05, 0.1) is 17.4 Å². The van der Waals surface area contributed by atoms with Crippen molar-refractivity contribution in [1.82, 2.24) is 35.1 Å². The summed E-state index contributed by atoms with van der Waals surface area (Å²) in [5.74, 6) is 1.07. The zero-order valence-corrected chi connectivity index (χ0v) is 18.4. The van der Waals surface area contributed by atoms with Crippen molar-refractivity contribution in [3.8, 4) is 22.5 Å². The number of benzene rings is 1. The molecular formula is C22H18BrN9. The second kappa shape index (κ2) is 8.67. The third-order valence-electron chi connectivity index (χ3n) is 4.95. The van der Waals surface area contributed by atoms with Crippen LogP contribution in [0.2, 0.25) is 0 Å². The first kappa shape index (κ1) is 20.0. The predicted molar refractivity (Wildman–Crippen MR) is 127 cm³/mol. The summed E-state index contributed by atoms with van der Waals surface area (Å²) in [7, 11) is 0. The smallest absolute Gasteiger partial charge is 0.165 e. The number of anilines is 2. The first-order valence-corrected chi connectivity index (χ1v) is 10.7. The van der Waals surface area contributed by atoms with Crippen LogP contribution in [-0.2, 0) is 6.42 Å². The van der Waals surface area contributed by atoms with E-state index in [0.29, 0.717) is 40.6 Å². The van der Waals surface area contributed by atoms with Gasteiger partial charge in [0.25, 0.3) is 0 Å². The van der Waals surface area contributed by atoms with Crippen molar-refractivity contribution in [2.45, 2.75) is 6.42 Å². The van der Waals surface area contributed by atoms with Crippen molar-refractivity contribution >= 4 is 38.6 Å². The van der Waals surface area contributed by atoms with E-state index in [1.807, 2.05) is 42.5 Å². The van der Waals surface area contributed by atoms with E-state index in [1.54, 1.807) is 12.5 Å². The van der Waals surface area contributed by atoms with Crippen LogP contribution in [0.1, 0.15) is 5.69 Å². The van der Waals surface area contributed by atoms with Gasteiger partial charge in [0, 0.05) is 29.3 Å². The number of hydrogen-bond donors (Lipinski definition) is 3. The molecule has 9 nitrogen and oxygen atoms in total. The van der Waals surface area contributed by atoms with Gasteiger partial charge in [0.1, 0.15) is 23.7 Å². The lowest BCUT2D eigenvalue weighted by Gasteiger charge is -2.11. The Morgan fingerprint density at radius 2 is 1.97 bits per heavy atom. The van der Waals surface area contributed by atoms with E-state index < -0.39 is 0 Å². The standard InChI is InChI=1S/C22H18BrN9/c23-14-3-1-2-13(8-14)16-9-18(30-22-20(16)21(24)28-12-29-22)17-4-5-19(32-31-17)26-7-6-15-10-25-11-27-15/h1-5,8-12H,6-7H2,(H,25,27)(H,26,32)(H2,24,28,29,30). The third-order valence-corrected chi connectivity index (χ3v) is 5.44. The first-order valence-electron chi connectivity index (χ1n) is 9.90. The number of aromatic nitrogens is 7. The Bertz CT molecular complexity index is 1370. The zero-order chi connectivity index (χ0) is 21.9. The molecule has 0 aliphatic rings. The molecule has 0 saturated carbocycles. The van der Waals surface area contributed by atoms with Crippen molar-refractivity contribution in [2.24, 2.45) is 0 Å². The van der Waals surface area contributed by atoms with Crippen molar-refractivity contribution in [3.63, 3.8) is 0 Å². The number of fused-ring (bicyclic) bond motifs is 1. The number of nitrogens with one attached hydrogen (secondary N) is 2. The molecule has 0 amide bonds. The van der Waals surface area contributed by atoms with Gasteiger partial charge in [-0.3, -0.25) is 0 Å². The van der Waals surface area contributed by atoms with Crippen LogP contribution in [0.15, 0.2) is 65.8 Å². The predicted octanol–water partition coefficient (Wildman–Crippen LogP) is 3.87. The summed E-state index contributed by atoms with van der Waals surface area (Å²) in [6.07, 6.45) is 5.70. The molecule has 0 bridgehead atoms. The monoisotopic (exact) mass is 487 g/mol. The lowest BCUT2D eigenvalue weighted by Crippen LogP contribution is -2.07. The van der Waals surface area contributed by atoms with Crippen molar-refractivity contribution in [1.29, 1.82) is 0 Å². The molecular weight excluding hydrogens is 470 g/mol. The highest BCUT2D eigenvalue weighted by molar-refractivity contribution is 9.10. The molecule has 32 heavy (non-hydrogen) atoms. The van der Waals surface area contributed by atoms with Crippen LogP contribution >= 0.6 is 15.9 Å². The number of H-pyrrole nitrogens is 1. The van der Waals surface area contributed by atoms with E-state index in [-0.39, 0.29) is 0 Å². The van der Waals surface area contributed by atoms with Gasteiger partial charge in [-0.15, -0.1) is 10.2 Å². The number of rotatable bonds is 6. The van der Waals surface area contributed by atoms with Gasteiger partial charge in [-0.1, -0.05) is 28.1 Å². The minimum atomic E-state index is 0.381. The Morgan fingerprint density at radius 1 is 1.03 bits per heavy atom. The third kappa shape index (κ3) is 4.12. The molecule has 0 unspecified atom stereocenters. The Labute approximate surface area is 191 Å². The first-order chi connectivity index (χ1) is 15.7. The lowest BCUT2D eigenvalue weighted by molar-refractivity contribution is 0.945. The summed E-state index contributed by atoms with van der Waals surface area (Å²) in [6, 6.07) is 13.7. The van der Waals surface area contributed by atoms with Crippen molar-refractivity contribution in [3.05, 3.63) is 71.5 Å². The highest BCUT2D eigenvalue weighted by atomic mass is 79.9. The maximum absolute atomic E-state index is 6.18. The molecule has 1 aromatic carbocycles. The van der Waals surface area contributed by atoms with Crippen LogP contribution in [0.4, 0.5) is 11.6 Å². The molecule has 5 aromatic rings. The molecule has 10 heteroatoms. The largest absolute Gasteiger partial charge is 0.383 e. The number of halogens is 1. The van der Waals surface area contributed by atoms with Crippen LogP contribution in [0.5, 0.6) is 0 Å². The number of nitrogen functional groups attached to an aromatic ring is 1. The molecule has 0 fully saturated rings.